The van der Waals surface area contributed by atoms with Gasteiger partial charge in [0.1, 0.15) is 0 Å². The smallest absolute Gasteiger partial charge is 0.290 e. The quantitative estimate of drug-likeness (QED) is 0.529. The molecule has 27 heavy (non-hydrogen) atoms. The molecule has 0 unspecified atom stereocenters. The molecule has 0 aromatic heterocycles. The third-order valence-electron chi connectivity index (χ3n) is 3.38. The molecule has 12 heteroatoms. The highest BCUT2D eigenvalue weighted by Gasteiger charge is 2.30. The van der Waals surface area contributed by atoms with Crippen LogP contribution in [0.2, 0.25) is 15.1 Å². The summed E-state index contributed by atoms with van der Waals surface area (Å²) in [5.74, 6) is -0.670. The number of halogens is 3. The van der Waals surface area contributed by atoms with Gasteiger partial charge in [-0.25, -0.2) is 8.42 Å². The first-order chi connectivity index (χ1) is 12.5. The highest BCUT2D eigenvalue weighted by molar-refractivity contribution is 7.89. The SMILES string of the molecule is CN(CC(=O)Nc1ccc(Cl)c(Cl)c1)S(=O)(=O)c1ccc(Cl)cc1[N+](=O)[O-]. The van der Waals surface area contributed by atoms with Crippen LogP contribution in [0.15, 0.2) is 41.3 Å². The number of nitrogens with zero attached hydrogens (tertiary/aromatic N) is 2. The van der Waals surface area contributed by atoms with Gasteiger partial charge in [-0.3, -0.25) is 14.9 Å². The fraction of sp³-hybridized carbons (Fsp3) is 0.133. The van der Waals surface area contributed by atoms with Crippen molar-refractivity contribution in [2.24, 2.45) is 0 Å². The molecule has 0 saturated carbocycles. The first-order valence-electron chi connectivity index (χ1n) is 7.17. The Morgan fingerprint density at radius 1 is 1.15 bits per heavy atom. The average Bonchev–Trinajstić information content (AvgIpc) is 2.57. The van der Waals surface area contributed by atoms with Crippen LogP contribution in [0.4, 0.5) is 11.4 Å². The van der Waals surface area contributed by atoms with E-state index in [0.29, 0.717) is 15.0 Å². The van der Waals surface area contributed by atoms with Gasteiger partial charge in [0.05, 0.1) is 21.5 Å². The number of hydrogen-bond acceptors (Lipinski definition) is 5. The van der Waals surface area contributed by atoms with Gasteiger partial charge in [-0.05, 0) is 30.3 Å². The van der Waals surface area contributed by atoms with E-state index in [2.05, 4.69) is 5.32 Å². The second-order valence-electron chi connectivity index (χ2n) is 5.31. The Bertz CT molecular complexity index is 1010. The van der Waals surface area contributed by atoms with Crippen LogP contribution in [0.25, 0.3) is 0 Å². The van der Waals surface area contributed by atoms with Crippen molar-refractivity contribution in [2.75, 3.05) is 18.9 Å². The first-order valence-corrected chi connectivity index (χ1v) is 9.75. The Kier molecular flexibility index (Phi) is 6.66. The van der Waals surface area contributed by atoms with E-state index in [-0.39, 0.29) is 10.0 Å². The molecule has 8 nitrogen and oxygen atoms in total. The largest absolute Gasteiger partial charge is 0.325 e. The molecule has 2 aromatic carbocycles. The van der Waals surface area contributed by atoms with Gasteiger partial charge in [0.25, 0.3) is 5.69 Å². The first kappa shape index (κ1) is 21.4. The predicted octanol–water partition coefficient (Wildman–Crippen LogP) is 3.81. The molecule has 0 spiro atoms. The minimum Gasteiger partial charge on any atom is -0.325 e. The molecule has 0 heterocycles. The van der Waals surface area contributed by atoms with E-state index in [4.69, 9.17) is 34.8 Å². The second-order valence-corrected chi connectivity index (χ2v) is 8.57. The molecular formula is C15H12Cl3N3O5S. The van der Waals surface area contributed by atoms with Crippen LogP contribution >= 0.6 is 34.8 Å². The van der Waals surface area contributed by atoms with Crippen LogP contribution in [0.3, 0.4) is 0 Å². The fourth-order valence-corrected chi connectivity index (χ4v) is 3.81. The number of carbonyl (C=O) groups excluding carboxylic acids is 1. The van der Waals surface area contributed by atoms with E-state index in [1.807, 2.05) is 0 Å². The van der Waals surface area contributed by atoms with Crippen molar-refractivity contribution in [1.29, 1.82) is 0 Å². The zero-order valence-electron chi connectivity index (χ0n) is 13.6. The van der Waals surface area contributed by atoms with Crippen molar-refractivity contribution >= 4 is 62.1 Å². The van der Waals surface area contributed by atoms with Gasteiger partial charge in [0, 0.05) is 23.8 Å². The molecule has 0 aliphatic carbocycles. The van der Waals surface area contributed by atoms with Gasteiger partial charge < -0.3 is 5.32 Å². The third kappa shape index (κ3) is 5.08. The fourth-order valence-electron chi connectivity index (χ4n) is 2.08. The Hall–Kier alpha value is -1.91. The maximum absolute atomic E-state index is 12.6. The van der Waals surface area contributed by atoms with Crippen LogP contribution in [0, 0.1) is 10.1 Å². The number of anilines is 1. The number of benzene rings is 2. The Morgan fingerprint density at radius 2 is 1.81 bits per heavy atom. The summed E-state index contributed by atoms with van der Waals surface area (Å²) in [7, 11) is -3.18. The molecule has 0 bridgehead atoms. The van der Waals surface area contributed by atoms with Crippen LogP contribution in [0.5, 0.6) is 0 Å². The van der Waals surface area contributed by atoms with Crippen LogP contribution in [-0.4, -0.2) is 37.1 Å². The summed E-state index contributed by atoms with van der Waals surface area (Å²) >= 11 is 17.3. The highest BCUT2D eigenvalue weighted by Crippen LogP contribution is 2.29. The molecule has 2 rings (SSSR count). The molecule has 1 N–H and O–H groups in total. The second kappa shape index (κ2) is 8.41. The average molecular weight is 453 g/mol. The summed E-state index contributed by atoms with van der Waals surface area (Å²) in [6.45, 7) is -0.581. The molecule has 0 aliphatic rings. The normalized spacial score (nSPS) is 11.4. The van der Waals surface area contributed by atoms with Crippen molar-refractivity contribution in [3.63, 3.8) is 0 Å². The summed E-state index contributed by atoms with van der Waals surface area (Å²) in [6.07, 6.45) is 0. The molecular weight excluding hydrogens is 441 g/mol. The highest BCUT2D eigenvalue weighted by atomic mass is 35.5. The lowest BCUT2D eigenvalue weighted by Gasteiger charge is -2.17. The van der Waals surface area contributed by atoms with Gasteiger partial charge in [-0.2, -0.15) is 4.31 Å². The zero-order chi connectivity index (χ0) is 20.4. The molecule has 0 aliphatic heterocycles. The lowest BCUT2D eigenvalue weighted by molar-refractivity contribution is -0.387. The minimum atomic E-state index is -4.31. The van der Waals surface area contributed by atoms with Crippen LogP contribution in [-0.2, 0) is 14.8 Å². The molecule has 0 saturated heterocycles. The summed E-state index contributed by atoms with van der Waals surface area (Å²) in [5.41, 5.74) is -0.364. The Balaban J connectivity index is 2.21. The number of nitro benzene ring substituents is 1. The lowest BCUT2D eigenvalue weighted by Crippen LogP contribution is -2.35. The number of nitrogens with one attached hydrogen (secondary N) is 1. The number of hydrogen-bond donors (Lipinski definition) is 1. The Labute approximate surface area is 169 Å². The summed E-state index contributed by atoms with van der Waals surface area (Å²) in [5, 5.41) is 14.1. The predicted molar refractivity (Wildman–Crippen MR) is 103 cm³/mol. The monoisotopic (exact) mass is 451 g/mol. The van der Waals surface area contributed by atoms with Gasteiger partial charge >= 0.3 is 0 Å². The third-order valence-corrected chi connectivity index (χ3v) is 6.20. The van der Waals surface area contributed by atoms with E-state index in [9.17, 15) is 23.3 Å². The topological polar surface area (TPSA) is 110 Å². The van der Waals surface area contributed by atoms with Gasteiger partial charge in [0.2, 0.25) is 15.9 Å². The van der Waals surface area contributed by atoms with Gasteiger partial charge in [-0.1, -0.05) is 34.8 Å². The molecule has 0 fully saturated rings. The molecule has 0 radical (unpaired) electrons. The molecule has 2 aromatic rings. The number of rotatable bonds is 6. The van der Waals surface area contributed by atoms with Gasteiger partial charge in [-0.15, -0.1) is 0 Å². The van der Waals surface area contributed by atoms with Crippen LogP contribution in [0.1, 0.15) is 0 Å². The molecule has 0 atom stereocenters. The number of carbonyl (C=O) groups is 1. The summed E-state index contributed by atoms with van der Waals surface area (Å²) < 4.78 is 25.9. The summed E-state index contributed by atoms with van der Waals surface area (Å²) in [6, 6.07) is 7.52. The lowest BCUT2D eigenvalue weighted by atomic mass is 10.3. The molecule has 144 valence electrons. The van der Waals surface area contributed by atoms with Crippen molar-refractivity contribution in [3.05, 3.63) is 61.6 Å². The number of likely N-dealkylation sites (N-methyl/N-ethyl adjacent to an activating group) is 1. The van der Waals surface area contributed by atoms with Crippen molar-refractivity contribution < 1.29 is 18.1 Å². The maximum Gasteiger partial charge on any atom is 0.290 e. The summed E-state index contributed by atoms with van der Waals surface area (Å²) in [4.78, 5) is 21.8. The maximum atomic E-state index is 12.6. The number of sulfonamides is 1. The Morgan fingerprint density at radius 3 is 2.41 bits per heavy atom. The zero-order valence-corrected chi connectivity index (χ0v) is 16.7. The standard InChI is InChI=1S/C15H12Cl3N3O5S/c1-20(8-15(22)19-10-3-4-11(17)12(18)7-10)27(25,26)14-5-2-9(16)6-13(14)21(23)24/h2-7H,8H2,1H3,(H,19,22). The van der Waals surface area contributed by atoms with E-state index in [1.54, 1.807) is 0 Å². The van der Waals surface area contributed by atoms with Crippen molar-refractivity contribution in [1.82, 2.24) is 4.31 Å². The minimum absolute atomic E-state index is 0.0145. The van der Waals surface area contributed by atoms with Gasteiger partial charge in [0.15, 0.2) is 4.90 Å². The van der Waals surface area contributed by atoms with E-state index in [0.717, 1.165) is 19.2 Å². The number of nitro groups is 1. The van der Waals surface area contributed by atoms with Crippen LogP contribution < -0.4 is 5.32 Å². The molecule has 1 amide bonds. The van der Waals surface area contributed by atoms with Crippen molar-refractivity contribution in [2.45, 2.75) is 4.90 Å². The van der Waals surface area contributed by atoms with E-state index in [1.165, 1.54) is 24.3 Å². The van der Waals surface area contributed by atoms with Crippen molar-refractivity contribution in [3.8, 4) is 0 Å². The van der Waals surface area contributed by atoms with E-state index < -0.39 is 38.0 Å². The van der Waals surface area contributed by atoms with E-state index >= 15 is 0 Å². The number of amides is 1.